The van der Waals surface area contributed by atoms with Gasteiger partial charge in [-0.2, -0.15) is 0 Å². The molecule has 0 spiro atoms. The molecule has 0 bridgehead atoms. The van der Waals surface area contributed by atoms with Crippen LogP contribution in [0.1, 0.15) is 6.42 Å². The summed E-state index contributed by atoms with van der Waals surface area (Å²) in [6.07, 6.45) is 0.595. The molecule has 24 heavy (non-hydrogen) atoms. The molecule has 2 amide bonds. The molecular weight excluding hydrogens is 304 g/mol. The van der Waals surface area contributed by atoms with E-state index >= 15 is 0 Å². The Kier molecular flexibility index (Phi) is 4.51. The minimum absolute atomic E-state index is 0.0175. The van der Waals surface area contributed by atoms with Crippen LogP contribution in [-0.2, 0) is 9.59 Å². The van der Waals surface area contributed by atoms with E-state index in [4.69, 9.17) is 4.74 Å². The standard InChI is InChI=1S/C19H20N2O3/c1-21(14-6-4-3-5-7-14)19(23)17-12-16(17)18(22)20-13-8-10-15(24-2)11-9-13/h3-11,16-17H,12H2,1-2H3,(H,20,22). The number of ether oxygens (including phenoxy) is 1. The number of rotatable bonds is 5. The first kappa shape index (κ1) is 16.1. The van der Waals surface area contributed by atoms with E-state index in [1.807, 2.05) is 30.3 Å². The summed E-state index contributed by atoms with van der Waals surface area (Å²) in [5, 5.41) is 2.85. The van der Waals surface area contributed by atoms with Crippen LogP contribution in [0.3, 0.4) is 0 Å². The van der Waals surface area contributed by atoms with Crippen LogP contribution in [0, 0.1) is 11.8 Å². The highest BCUT2D eigenvalue weighted by molar-refractivity contribution is 6.04. The van der Waals surface area contributed by atoms with Crippen LogP contribution >= 0.6 is 0 Å². The summed E-state index contributed by atoms with van der Waals surface area (Å²) in [5.74, 6) is 0.104. The van der Waals surface area contributed by atoms with E-state index in [9.17, 15) is 9.59 Å². The highest BCUT2D eigenvalue weighted by Crippen LogP contribution is 2.41. The van der Waals surface area contributed by atoms with Crippen molar-refractivity contribution in [3.05, 3.63) is 54.6 Å². The molecule has 2 aromatic rings. The van der Waals surface area contributed by atoms with Crippen LogP contribution in [0.4, 0.5) is 11.4 Å². The summed E-state index contributed by atoms with van der Waals surface area (Å²) < 4.78 is 5.09. The lowest BCUT2D eigenvalue weighted by Gasteiger charge is -2.17. The smallest absolute Gasteiger partial charge is 0.230 e. The lowest BCUT2D eigenvalue weighted by molar-refractivity contribution is -0.123. The third-order valence-corrected chi connectivity index (χ3v) is 4.28. The van der Waals surface area contributed by atoms with E-state index in [0.717, 1.165) is 11.4 Å². The maximum atomic E-state index is 12.5. The van der Waals surface area contributed by atoms with Crippen LogP contribution in [-0.4, -0.2) is 26.0 Å². The summed E-state index contributed by atoms with van der Waals surface area (Å²) in [5.41, 5.74) is 1.54. The third-order valence-electron chi connectivity index (χ3n) is 4.28. The minimum Gasteiger partial charge on any atom is -0.497 e. The number of nitrogens with zero attached hydrogens (tertiary/aromatic N) is 1. The van der Waals surface area contributed by atoms with Crippen LogP contribution in [0.15, 0.2) is 54.6 Å². The van der Waals surface area contributed by atoms with Crippen molar-refractivity contribution in [1.82, 2.24) is 0 Å². The normalized spacial score (nSPS) is 18.6. The fourth-order valence-electron chi connectivity index (χ4n) is 2.69. The fraction of sp³-hybridized carbons (Fsp3) is 0.263. The van der Waals surface area contributed by atoms with E-state index in [1.54, 1.807) is 43.3 Å². The molecule has 3 rings (SSSR count). The maximum absolute atomic E-state index is 12.5. The molecule has 0 heterocycles. The molecule has 0 aliphatic heterocycles. The third kappa shape index (κ3) is 3.40. The second-order valence-electron chi connectivity index (χ2n) is 5.90. The Hall–Kier alpha value is -2.82. The van der Waals surface area contributed by atoms with Gasteiger partial charge in [0.1, 0.15) is 5.75 Å². The van der Waals surface area contributed by atoms with Gasteiger partial charge in [0.25, 0.3) is 0 Å². The number of benzene rings is 2. The lowest BCUT2D eigenvalue weighted by Crippen LogP contribution is -2.29. The first-order chi connectivity index (χ1) is 11.6. The second-order valence-corrected chi connectivity index (χ2v) is 5.90. The Bertz CT molecular complexity index is 728. The summed E-state index contributed by atoms with van der Waals surface area (Å²) in [6, 6.07) is 16.6. The Balaban J connectivity index is 1.57. The number of nitrogens with one attached hydrogen (secondary N) is 1. The van der Waals surface area contributed by atoms with Crippen molar-refractivity contribution in [1.29, 1.82) is 0 Å². The molecule has 5 nitrogen and oxygen atoms in total. The van der Waals surface area contributed by atoms with E-state index < -0.39 is 0 Å². The lowest BCUT2D eigenvalue weighted by atomic mass is 10.2. The van der Waals surface area contributed by atoms with Crippen LogP contribution in [0.5, 0.6) is 5.75 Å². The molecule has 124 valence electrons. The van der Waals surface area contributed by atoms with E-state index in [-0.39, 0.29) is 23.7 Å². The average Bonchev–Trinajstić information content (AvgIpc) is 3.43. The molecule has 5 heteroatoms. The average molecular weight is 324 g/mol. The predicted molar refractivity (Wildman–Crippen MR) is 93.1 cm³/mol. The molecule has 2 atom stereocenters. The first-order valence-corrected chi connectivity index (χ1v) is 7.87. The highest BCUT2D eigenvalue weighted by atomic mass is 16.5. The van der Waals surface area contributed by atoms with Crippen LogP contribution in [0.25, 0.3) is 0 Å². The molecule has 1 fully saturated rings. The minimum atomic E-state index is -0.259. The maximum Gasteiger partial charge on any atom is 0.230 e. The monoisotopic (exact) mass is 324 g/mol. The van der Waals surface area contributed by atoms with Crippen molar-refractivity contribution in [2.75, 3.05) is 24.4 Å². The Morgan fingerprint density at radius 2 is 1.71 bits per heavy atom. The van der Waals surface area contributed by atoms with Gasteiger partial charge in [-0.1, -0.05) is 18.2 Å². The molecule has 0 saturated heterocycles. The number of carbonyl (C=O) groups is 2. The first-order valence-electron chi connectivity index (χ1n) is 7.87. The number of amides is 2. The van der Waals surface area contributed by atoms with Crippen molar-refractivity contribution in [3.8, 4) is 5.75 Å². The summed E-state index contributed by atoms with van der Waals surface area (Å²) in [4.78, 5) is 26.4. The molecule has 0 aromatic heterocycles. The quantitative estimate of drug-likeness (QED) is 0.920. The summed E-state index contributed by atoms with van der Waals surface area (Å²) >= 11 is 0. The SMILES string of the molecule is COc1ccc(NC(=O)C2CC2C(=O)N(C)c2ccccc2)cc1. The molecule has 1 aliphatic rings. The Morgan fingerprint density at radius 3 is 2.33 bits per heavy atom. The van der Waals surface area contributed by atoms with Gasteiger partial charge in [0.05, 0.1) is 18.9 Å². The topological polar surface area (TPSA) is 58.6 Å². The van der Waals surface area contributed by atoms with Gasteiger partial charge in [-0.3, -0.25) is 9.59 Å². The molecule has 1 N–H and O–H groups in total. The zero-order valence-electron chi connectivity index (χ0n) is 13.7. The number of carbonyl (C=O) groups excluding carboxylic acids is 2. The highest BCUT2D eigenvalue weighted by Gasteiger charge is 2.49. The van der Waals surface area contributed by atoms with Gasteiger partial charge < -0.3 is 15.0 Å². The molecule has 1 saturated carbocycles. The summed E-state index contributed by atoms with van der Waals surface area (Å²) in [6.45, 7) is 0. The van der Waals surface area contributed by atoms with Gasteiger partial charge in [0.2, 0.25) is 11.8 Å². The van der Waals surface area contributed by atoms with Crippen LogP contribution < -0.4 is 15.0 Å². The molecule has 1 aliphatic carbocycles. The van der Waals surface area contributed by atoms with Gasteiger partial charge in [0.15, 0.2) is 0 Å². The van der Waals surface area contributed by atoms with E-state index in [2.05, 4.69) is 5.32 Å². The molecule has 0 radical (unpaired) electrons. The van der Waals surface area contributed by atoms with Crippen molar-refractivity contribution >= 4 is 23.2 Å². The van der Waals surface area contributed by atoms with Gasteiger partial charge in [-0.25, -0.2) is 0 Å². The second kappa shape index (κ2) is 6.74. The van der Waals surface area contributed by atoms with E-state index in [0.29, 0.717) is 12.1 Å². The van der Waals surface area contributed by atoms with Gasteiger partial charge in [-0.15, -0.1) is 0 Å². The van der Waals surface area contributed by atoms with Gasteiger partial charge >= 0.3 is 0 Å². The number of methoxy groups -OCH3 is 1. The van der Waals surface area contributed by atoms with Gasteiger partial charge in [0, 0.05) is 18.4 Å². The zero-order valence-corrected chi connectivity index (χ0v) is 13.7. The van der Waals surface area contributed by atoms with E-state index in [1.165, 1.54) is 0 Å². The summed E-state index contributed by atoms with van der Waals surface area (Å²) in [7, 11) is 3.34. The number of para-hydroxylation sites is 1. The predicted octanol–water partition coefficient (Wildman–Crippen LogP) is 2.93. The van der Waals surface area contributed by atoms with Crippen molar-refractivity contribution < 1.29 is 14.3 Å². The van der Waals surface area contributed by atoms with Crippen molar-refractivity contribution in [2.45, 2.75) is 6.42 Å². The Morgan fingerprint density at radius 1 is 1.04 bits per heavy atom. The molecular formula is C19H20N2O3. The number of hydrogen-bond donors (Lipinski definition) is 1. The Labute approximate surface area is 141 Å². The zero-order chi connectivity index (χ0) is 17.1. The van der Waals surface area contributed by atoms with Crippen molar-refractivity contribution in [3.63, 3.8) is 0 Å². The van der Waals surface area contributed by atoms with Crippen molar-refractivity contribution in [2.24, 2.45) is 11.8 Å². The largest absolute Gasteiger partial charge is 0.497 e. The fourth-order valence-corrected chi connectivity index (χ4v) is 2.69. The van der Waals surface area contributed by atoms with Gasteiger partial charge in [-0.05, 0) is 42.8 Å². The number of anilines is 2. The number of hydrogen-bond acceptors (Lipinski definition) is 3. The van der Waals surface area contributed by atoms with Crippen LogP contribution in [0.2, 0.25) is 0 Å². The molecule has 2 aromatic carbocycles. The molecule has 2 unspecified atom stereocenters.